The van der Waals surface area contributed by atoms with Crippen molar-refractivity contribution in [3.8, 4) is 5.00 Å². The van der Waals surface area contributed by atoms with Crippen molar-refractivity contribution in [3.05, 3.63) is 73.3 Å². The number of fused-ring (bicyclic) bond motifs is 1. The van der Waals surface area contributed by atoms with Crippen molar-refractivity contribution < 1.29 is 14.7 Å². The van der Waals surface area contributed by atoms with Gasteiger partial charge >= 0.3 is 5.97 Å². The number of nitrogens with one attached hydrogen (secondary N) is 1. The number of carboxylic acid groups (broad SMARTS) is 1. The van der Waals surface area contributed by atoms with Gasteiger partial charge in [-0.2, -0.15) is 0 Å². The summed E-state index contributed by atoms with van der Waals surface area (Å²) in [5.41, 5.74) is 7.25. The van der Waals surface area contributed by atoms with Gasteiger partial charge < -0.3 is 15.0 Å². The van der Waals surface area contributed by atoms with Crippen LogP contribution in [-0.2, 0) is 17.6 Å². The van der Waals surface area contributed by atoms with Crippen LogP contribution in [0.2, 0.25) is 0 Å². The number of carboxylic acids is 1. The molecule has 2 aliphatic rings. The molecule has 0 radical (unpaired) electrons. The second kappa shape index (κ2) is 9.17. The Morgan fingerprint density at radius 2 is 1.80 bits per heavy atom. The summed E-state index contributed by atoms with van der Waals surface area (Å²) in [6.07, 6.45) is 5.77. The van der Waals surface area contributed by atoms with Gasteiger partial charge in [-0.15, -0.1) is 11.3 Å². The minimum Gasteiger partial charge on any atom is -0.478 e. The fourth-order valence-electron chi connectivity index (χ4n) is 4.93. The van der Waals surface area contributed by atoms with E-state index in [1.807, 2.05) is 56.5 Å². The number of nitrogens with zero attached hydrogens (tertiary/aromatic N) is 2. The molecule has 0 saturated carbocycles. The maximum absolute atomic E-state index is 12.7. The SMILES string of the molecule is Cc1cc(C)cc(N=C2NC(=O)/C(=C/c3cc(C)n(-c4sc5c(c4C(=O)O)CCCC5)c3C)S2)c1. The zero-order chi connectivity index (χ0) is 24.9. The van der Waals surface area contributed by atoms with Crippen molar-refractivity contribution >= 4 is 51.9 Å². The molecule has 3 aromatic rings. The van der Waals surface area contributed by atoms with Gasteiger partial charge in [-0.1, -0.05) is 6.07 Å². The molecule has 2 N–H and O–H groups in total. The van der Waals surface area contributed by atoms with Crippen LogP contribution in [0.15, 0.2) is 34.2 Å². The number of aryl methyl sites for hydroxylation is 4. The number of carbonyl (C=O) groups excluding carboxylic acids is 1. The molecule has 0 unspecified atom stereocenters. The highest BCUT2D eigenvalue weighted by molar-refractivity contribution is 8.18. The third-order valence-electron chi connectivity index (χ3n) is 6.41. The van der Waals surface area contributed by atoms with Crippen molar-refractivity contribution in [3.63, 3.8) is 0 Å². The Hall–Kier alpha value is -3.10. The minimum absolute atomic E-state index is 0.180. The lowest BCUT2D eigenvalue weighted by atomic mass is 9.95. The molecule has 0 atom stereocenters. The van der Waals surface area contributed by atoms with E-state index >= 15 is 0 Å². The first-order chi connectivity index (χ1) is 16.7. The van der Waals surface area contributed by atoms with Crippen LogP contribution in [0.25, 0.3) is 11.1 Å². The largest absolute Gasteiger partial charge is 0.478 e. The molecular formula is C27H27N3O3S2. The van der Waals surface area contributed by atoms with E-state index in [1.165, 1.54) is 16.6 Å². The second-order valence-corrected chi connectivity index (χ2v) is 11.3. The van der Waals surface area contributed by atoms with Crippen molar-refractivity contribution in [1.29, 1.82) is 0 Å². The number of thioether (sulfide) groups is 1. The summed E-state index contributed by atoms with van der Waals surface area (Å²) in [5, 5.41) is 14.2. The van der Waals surface area contributed by atoms with Crippen LogP contribution in [0.4, 0.5) is 5.69 Å². The lowest BCUT2D eigenvalue weighted by Gasteiger charge is -2.11. The summed E-state index contributed by atoms with van der Waals surface area (Å²) in [6, 6.07) is 8.08. The molecule has 1 fully saturated rings. The first-order valence-corrected chi connectivity index (χ1v) is 13.3. The Morgan fingerprint density at radius 3 is 2.51 bits per heavy atom. The van der Waals surface area contributed by atoms with Crippen LogP contribution in [0.5, 0.6) is 0 Å². The predicted molar refractivity (Wildman–Crippen MR) is 143 cm³/mol. The van der Waals surface area contributed by atoms with Gasteiger partial charge in [-0.25, -0.2) is 9.79 Å². The van der Waals surface area contributed by atoms with Crippen molar-refractivity contribution in [2.45, 2.75) is 53.4 Å². The molecule has 2 aromatic heterocycles. The maximum Gasteiger partial charge on any atom is 0.339 e. The number of aromatic nitrogens is 1. The Balaban J connectivity index is 1.50. The quantitative estimate of drug-likeness (QED) is 0.411. The van der Waals surface area contributed by atoms with E-state index in [0.29, 0.717) is 15.6 Å². The first-order valence-electron chi connectivity index (χ1n) is 11.7. The molecule has 0 bridgehead atoms. The van der Waals surface area contributed by atoms with Gasteiger partial charge in [-0.3, -0.25) is 4.79 Å². The summed E-state index contributed by atoms with van der Waals surface area (Å²) in [6.45, 7) is 8.01. The molecule has 8 heteroatoms. The van der Waals surface area contributed by atoms with E-state index in [0.717, 1.165) is 70.0 Å². The van der Waals surface area contributed by atoms with Crippen molar-refractivity contribution in [2.75, 3.05) is 0 Å². The normalized spacial score (nSPS) is 17.8. The first kappa shape index (κ1) is 23.6. The molecular weight excluding hydrogens is 478 g/mol. The van der Waals surface area contributed by atoms with Gasteiger partial charge in [0.1, 0.15) is 5.00 Å². The zero-order valence-corrected chi connectivity index (χ0v) is 21.8. The van der Waals surface area contributed by atoms with E-state index in [-0.39, 0.29) is 5.91 Å². The molecule has 1 amide bonds. The smallest absolute Gasteiger partial charge is 0.339 e. The van der Waals surface area contributed by atoms with Gasteiger partial charge in [-0.05, 0) is 112 Å². The summed E-state index contributed by atoms with van der Waals surface area (Å²) >= 11 is 2.91. The standard InChI is InChI=1S/C27H27N3O3S2/c1-14-9-15(2)11-19(10-14)28-27-29-24(31)22(35-27)13-18-12-16(3)30(17(18)4)25-23(26(32)33)20-7-5-6-8-21(20)34-25/h9-13H,5-8H2,1-4H3,(H,32,33)(H,28,29,31)/b22-13-. The lowest BCUT2D eigenvalue weighted by Crippen LogP contribution is -2.19. The second-order valence-electron chi connectivity index (χ2n) is 9.19. The highest BCUT2D eigenvalue weighted by Crippen LogP contribution is 2.39. The number of rotatable bonds is 4. The van der Waals surface area contributed by atoms with Gasteiger partial charge in [0, 0.05) is 16.3 Å². The molecule has 180 valence electrons. The third kappa shape index (κ3) is 4.48. The molecule has 1 saturated heterocycles. The molecule has 35 heavy (non-hydrogen) atoms. The number of benzene rings is 1. The third-order valence-corrected chi connectivity index (χ3v) is 8.60. The topological polar surface area (TPSA) is 83.7 Å². The average Bonchev–Trinajstić information content (AvgIpc) is 3.40. The number of hydrogen-bond donors (Lipinski definition) is 2. The Bertz CT molecular complexity index is 1420. The van der Waals surface area contributed by atoms with Crippen LogP contribution in [0.3, 0.4) is 0 Å². The van der Waals surface area contributed by atoms with Crippen LogP contribution in [0, 0.1) is 27.7 Å². The fraction of sp³-hybridized carbons (Fsp3) is 0.296. The Kier molecular flexibility index (Phi) is 6.19. The maximum atomic E-state index is 12.7. The van der Waals surface area contributed by atoms with Crippen LogP contribution < -0.4 is 5.32 Å². The van der Waals surface area contributed by atoms with Crippen molar-refractivity contribution in [2.24, 2.45) is 4.99 Å². The summed E-state index contributed by atoms with van der Waals surface area (Å²) in [5.74, 6) is -1.05. The minimum atomic E-state index is -0.871. The summed E-state index contributed by atoms with van der Waals surface area (Å²) in [4.78, 5) is 31.3. The van der Waals surface area contributed by atoms with Crippen LogP contribution in [0.1, 0.15) is 61.7 Å². The van der Waals surface area contributed by atoms with E-state index in [9.17, 15) is 14.7 Å². The highest BCUT2D eigenvalue weighted by atomic mass is 32.2. The van der Waals surface area contributed by atoms with Gasteiger partial charge in [0.05, 0.1) is 16.2 Å². The number of aliphatic imine (C=N–C) groups is 1. The van der Waals surface area contributed by atoms with Gasteiger partial charge in [0.15, 0.2) is 5.17 Å². The van der Waals surface area contributed by atoms with Gasteiger partial charge in [0.2, 0.25) is 0 Å². The number of amidine groups is 1. The molecule has 5 rings (SSSR count). The summed E-state index contributed by atoms with van der Waals surface area (Å²) < 4.78 is 2.03. The Labute approximate surface area is 212 Å². The van der Waals surface area contributed by atoms with Crippen LogP contribution >= 0.6 is 23.1 Å². The predicted octanol–water partition coefficient (Wildman–Crippen LogP) is 6.24. The number of hydrogen-bond acceptors (Lipinski definition) is 5. The Morgan fingerprint density at radius 1 is 1.09 bits per heavy atom. The lowest BCUT2D eigenvalue weighted by molar-refractivity contribution is -0.115. The number of amides is 1. The molecule has 1 aliphatic carbocycles. The van der Waals surface area contributed by atoms with Crippen LogP contribution in [-0.4, -0.2) is 26.7 Å². The number of carbonyl (C=O) groups is 2. The average molecular weight is 506 g/mol. The molecule has 1 aliphatic heterocycles. The van der Waals surface area contributed by atoms with E-state index in [4.69, 9.17) is 0 Å². The monoisotopic (exact) mass is 505 g/mol. The number of aromatic carboxylic acids is 1. The van der Waals surface area contributed by atoms with Crippen molar-refractivity contribution in [1.82, 2.24) is 9.88 Å². The zero-order valence-electron chi connectivity index (χ0n) is 20.2. The molecule has 0 spiro atoms. The molecule has 1 aromatic carbocycles. The molecule has 6 nitrogen and oxygen atoms in total. The van der Waals surface area contributed by atoms with Gasteiger partial charge in [0.25, 0.3) is 5.91 Å². The van der Waals surface area contributed by atoms with E-state index < -0.39 is 5.97 Å². The summed E-state index contributed by atoms with van der Waals surface area (Å²) in [7, 11) is 0. The number of thiophene rings is 1. The molecule has 3 heterocycles. The van der Waals surface area contributed by atoms with E-state index in [2.05, 4.69) is 16.4 Å². The fourth-order valence-corrected chi connectivity index (χ4v) is 7.25. The highest BCUT2D eigenvalue weighted by Gasteiger charge is 2.28. The van der Waals surface area contributed by atoms with E-state index in [1.54, 1.807) is 11.3 Å².